The predicted molar refractivity (Wildman–Crippen MR) is 143 cm³/mol. The van der Waals surface area contributed by atoms with Crippen LogP contribution in [0.2, 0.25) is 0 Å². The Labute approximate surface area is 220 Å². The van der Waals surface area contributed by atoms with E-state index in [4.69, 9.17) is 4.74 Å². The summed E-state index contributed by atoms with van der Waals surface area (Å²) in [7, 11) is 0. The second-order valence-corrected chi connectivity index (χ2v) is 12.2. The predicted octanol–water partition coefficient (Wildman–Crippen LogP) is 3.81. The largest absolute Gasteiger partial charge is 0.465 e. The van der Waals surface area contributed by atoms with Crippen molar-refractivity contribution in [3.05, 3.63) is 25.3 Å². The molecule has 3 unspecified atom stereocenters. The van der Waals surface area contributed by atoms with Crippen LogP contribution in [0.4, 0.5) is 0 Å². The molecule has 2 bridgehead atoms. The molecule has 2 amide bonds. The molecule has 0 saturated carbocycles. The average molecular weight is 521 g/mol. The molecule has 36 heavy (non-hydrogen) atoms. The minimum Gasteiger partial charge on any atom is -0.465 e. The zero-order valence-electron chi connectivity index (χ0n) is 22.4. The summed E-state index contributed by atoms with van der Waals surface area (Å²) < 4.78 is 4.88. The van der Waals surface area contributed by atoms with Crippen LogP contribution in [0.1, 0.15) is 66.2 Å². The summed E-state index contributed by atoms with van der Waals surface area (Å²) in [5.74, 6) is -1.81. The maximum Gasteiger partial charge on any atom is 0.310 e. The summed E-state index contributed by atoms with van der Waals surface area (Å²) >= 11 is 1.64. The second-order valence-electron chi connectivity index (χ2n) is 10.6. The lowest BCUT2D eigenvalue weighted by Gasteiger charge is -2.42. The number of amides is 2. The van der Waals surface area contributed by atoms with Crippen molar-refractivity contribution >= 4 is 29.5 Å². The van der Waals surface area contributed by atoms with Crippen molar-refractivity contribution in [1.29, 1.82) is 0 Å². The van der Waals surface area contributed by atoms with Crippen LogP contribution >= 0.6 is 11.8 Å². The van der Waals surface area contributed by atoms with Crippen molar-refractivity contribution in [2.24, 2.45) is 17.8 Å². The Morgan fingerprint density at radius 1 is 1.31 bits per heavy atom. The maximum atomic E-state index is 14.4. The Bertz CT molecular complexity index is 850. The van der Waals surface area contributed by atoms with Crippen LogP contribution in [0.25, 0.3) is 0 Å². The van der Waals surface area contributed by atoms with Gasteiger partial charge in [0.2, 0.25) is 11.8 Å². The van der Waals surface area contributed by atoms with Gasteiger partial charge in [-0.05, 0) is 38.5 Å². The first-order valence-electron chi connectivity index (χ1n) is 13.5. The summed E-state index contributed by atoms with van der Waals surface area (Å²) in [4.78, 5) is 45.4. The normalized spacial score (nSPS) is 31.0. The molecule has 7 nitrogen and oxygen atoms in total. The molecule has 202 valence electrons. The van der Waals surface area contributed by atoms with Crippen LogP contribution in [-0.2, 0) is 19.1 Å². The number of rotatable bonds is 14. The number of hydrogen-bond acceptors (Lipinski definition) is 6. The van der Waals surface area contributed by atoms with Gasteiger partial charge in [-0.15, -0.1) is 24.9 Å². The van der Waals surface area contributed by atoms with E-state index in [-0.39, 0.29) is 48.2 Å². The maximum absolute atomic E-state index is 14.4. The van der Waals surface area contributed by atoms with E-state index < -0.39 is 28.7 Å². The number of aliphatic hydroxyl groups is 1. The summed E-state index contributed by atoms with van der Waals surface area (Å²) in [6.07, 6.45) is 8.00. The van der Waals surface area contributed by atoms with Gasteiger partial charge < -0.3 is 19.6 Å². The molecule has 0 aromatic heterocycles. The molecule has 0 aromatic carbocycles. The van der Waals surface area contributed by atoms with Crippen molar-refractivity contribution < 1.29 is 24.2 Å². The van der Waals surface area contributed by atoms with Crippen LogP contribution in [0.5, 0.6) is 0 Å². The van der Waals surface area contributed by atoms with Gasteiger partial charge in [0.1, 0.15) is 6.04 Å². The standard InChI is InChI=1S/C28H44N2O5S/c1-7-11-16-35-27(34)22-21-13-14-28(36-21)23(22)25(32)30(20(17-31)18(5)10-4)24(28)26(33)29(15-9-3)19(6)12-8-2/h7,9,18-24,31H,1,3,8,10-17H2,2,4-6H3/t18-,19?,20-,21-,22+,23-,24?,28?/m0/s1. The molecule has 1 spiro atoms. The van der Waals surface area contributed by atoms with Gasteiger partial charge in [0, 0.05) is 17.8 Å². The van der Waals surface area contributed by atoms with Gasteiger partial charge in [-0.2, -0.15) is 0 Å². The molecule has 3 saturated heterocycles. The molecule has 3 aliphatic rings. The molecule has 0 aromatic rings. The number of thioether (sulfide) groups is 1. The topological polar surface area (TPSA) is 87.2 Å². The van der Waals surface area contributed by atoms with Gasteiger partial charge >= 0.3 is 5.97 Å². The van der Waals surface area contributed by atoms with Crippen LogP contribution in [-0.4, -0.2) is 80.6 Å². The lowest BCUT2D eigenvalue weighted by Crippen LogP contribution is -2.59. The third-order valence-electron chi connectivity index (χ3n) is 8.50. The zero-order chi connectivity index (χ0) is 26.6. The fourth-order valence-electron chi connectivity index (χ4n) is 6.51. The first-order chi connectivity index (χ1) is 17.2. The highest BCUT2D eigenvalue weighted by Crippen LogP contribution is 2.67. The van der Waals surface area contributed by atoms with Gasteiger partial charge in [0.05, 0.1) is 35.8 Å². The van der Waals surface area contributed by atoms with Gasteiger partial charge in [-0.3, -0.25) is 14.4 Å². The van der Waals surface area contributed by atoms with Crippen LogP contribution < -0.4 is 0 Å². The van der Waals surface area contributed by atoms with E-state index in [2.05, 4.69) is 20.1 Å². The van der Waals surface area contributed by atoms with E-state index in [0.29, 0.717) is 19.4 Å². The Balaban J connectivity index is 2.07. The monoisotopic (exact) mass is 520 g/mol. The molecular weight excluding hydrogens is 476 g/mol. The minimum absolute atomic E-state index is 0.00518. The number of likely N-dealkylation sites (tertiary alicyclic amines) is 1. The fraction of sp³-hybridized carbons (Fsp3) is 0.750. The Morgan fingerprint density at radius 3 is 2.61 bits per heavy atom. The quantitative estimate of drug-likeness (QED) is 0.213. The second kappa shape index (κ2) is 12.2. The number of fused-ring (bicyclic) bond motifs is 1. The number of esters is 1. The smallest absolute Gasteiger partial charge is 0.310 e. The minimum atomic E-state index is -0.721. The highest BCUT2D eigenvalue weighted by atomic mass is 32.2. The number of ether oxygens (including phenoxy) is 1. The van der Waals surface area contributed by atoms with E-state index in [1.54, 1.807) is 28.8 Å². The van der Waals surface area contributed by atoms with Gasteiger partial charge in [0.25, 0.3) is 0 Å². The van der Waals surface area contributed by atoms with Crippen LogP contribution in [0.3, 0.4) is 0 Å². The lowest BCUT2D eigenvalue weighted by molar-refractivity contribution is -0.154. The number of hydrogen-bond donors (Lipinski definition) is 1. The SMILES string of the molecule is C=CCCOC(=O)[C@@H]1[C@@H]2CCC3(S2)C(C(=O)N(CC=C)C(C)CCC)N([C@@H](CO)[C@@H](C)CC)C(=O)[C@H]13. The van der Waals surface area contributed by atoms with Crippen molar-refractivity contribution in [2.75, 3.05) is 19.8 Å². The molecule has 8 atom stereocenters. The summed E-state index contributed by atoms with van der Waals surface area (Å²) in [5.41, 5.74) is 0. The number of nitrogens with zero attached hydrogens (tertiary/aromatic N) is 2. The number of carbonyl (C=O) groups excluding carboxylic acids is 3. The van der Waals surface area contributed by atoms with E-state index in [9.17, 15) is 19.5 Å². The molecule has 0 radical (unpaired) electrons. The first-order valence-corrected chi connectivity index (χ1v) is 14.4. The molecule has 3 aliphatic heterocycles. The first kappa shape index (κ1) is 28.8. The van der Waals surface area contributed by atoms with E-state index >= 15 is 0 Å². The third-order valence-corrected chi connectivity index (χ3v) is 10.5. The van der Waals surface area contributed by atoms with Crippen molar-refractivity contribution in [3.63, 3.8) is 0 Å². The molecule has 3 fully saturated rings. The summed E-state index contributed by atoms with van der Waals surface area (Å²) in [5, 5.41) is 10.4. The van der Waals surface area contributed by atoms with Crippen molar-refractivity contribution in [1.82, 2.24) is 9.80 Å². The van der Waals surface area contributed by atoms with E-state index in [1.807, 2.05) is 25.7 Å². The molecule has 3 heterocycles. The average Bonchev–Trinajstić information content (AvgIpc) is 3.50. The van der Waals surface area contributed by atoms with E-state index in [0.717, 1.165) is 25.7 Å². The van der Waals surface area contributed by atoms with E-state index in [1.165, 1.54) is 0 Å². The van der Waals surface area contributed by atoms with Crippen LogP contribution in [0.15, 0.2) is 25.3 Å². The number of aliphatic hydroxyl groups excluding tert-OH is 1. The van der Waals surface area contributed by atoms with Crippen molar-refractivity contribution in [3.8, 4) is 0 Å². The number of carbonyl (C=O) groups is 3. The third kappa shape index (κ3) is 4.87. The van der Waals surface area contributed by atoms with Gasteiger partial charge in [-0.25, -0.2) is 0 Å². The van der Waals surface area contributed by atoms with Crippen LogP contribution in [0, 0.1) is 17.8 Å². The summed E-state index contributed by atoms with van der Waals surface area (Å²) in [6.45, 7) is 16.1. The highest BCUT2D eigenvalue weighted by Gasteiger charge is 2.75. The lowest BCUT2D eigenvalue weighted by atomic mass is 9.71. The molecule has 8 heteroatoms. The summed E-state index contributed by atoms with van der Waals surface area (Å²) in [6, 6.07) is -1.21. The fourth-order valence-corrected chi connectivity index (χ4v) is 8.69. The molecule has 3 rings (SSSR count). The molecular formula is C28H44N2O5S. The molecule has 0 aliphatic carbocycles. The Kier molecular flexibility index (Phi) is 9.72. The van der Waals surface area contributed by atoms with Gasteiger partial charge in [-0.1, -0.05) is 45.8 Å². The Morgan fingerprint density at radius 2 is 2.03 bits per heavy atom. The molecule has 1 N–H and O–H groups in total. The highest BCUT2D eigenvalue weighted by molar-refractivity contribution is 8.02. The van der Waals surface area contributed by atoms with Gasteiger partial charge in [0.15, 0.2) is 0 Å². The Hall–Kier alpha value is -1.80. The van der Waals surface area contributed by atoms with Crippen molar-refractivity contribution in [2.45, 2.75) is 94.3 Å². The zero-order valence-corrected chi connectivity index (χ0v) is 23.2.